The van der Waals surface area contributed by atoms with E-state index < -0.39 is 5.97 Å². The van der Waals surface area contributed by atoms with E-state index in [0.717, 1.165) is 11.3 Å². The number of rotatable bonds is 4. The fraction of sp³-hybridized carbons (Fsp3) is 0.500. The molecule has 0 spiro atoms. The van der Waals surface area contributed by atoms with Crippen molar-refractivity contribution in [2.75, 3.05) is 39.4 Å². The van der Waals surface area contributed by atoms with Crippen LogP contribution in [0.2, 0.25) is 4.34 Å². The average Bonchev–Trinajstić information content (AvgIpc) is 2.99. The first-order valence-corrected chi connectivity index (χ1v) is 8.32. The molecule has 0 N–H and O–H groups in total. The molecule has 1 aliphatic rings. The Hall–Kier alpha value is -1.80. The number of thiophene rings is 1. The van der Waals surface area contributed by atoms with E-state index in [4.69, 9.17) is 21.1 Å². The van der Waals surface area contributed by atoms with Gasteiger partial charge in [0.05, 0.1) is 10.9 Å². The molecule has 0 radical (unpaired) electrons. The highest BCUT2D eigenvalue weighted by atomic mass is 35.5. The van der Waals surface area contributed by atoms with Crippen LogP contribution in [0.3, 0.4) is 0 Å². The molecular weight excluding hydrogens is 344 g/mol. The maximum Gasteiger partial charge on any atom is 0.409 e. The molecule has 0 aliphatic carbocycles. The molecule has 1 aromatic heterocycles. The molecule has 2 amide bonds. The molecule has 9 heteroatoms. The molecule has 0 bridgehead atoms. The Labute approximate surface area is 142 Å². The molecule has 0 atom stereocenters. The van der Waals surface area contributed by atoms with E-state index in [2.05, 4.69) is 0 Å². The fourth-order valence-electron chi connectivity index (χ4n) is 2.07. The quantitative estimate of drug-likeness (QED) is 0.766. The SMILES string of the molecule is CCOC(=O)N1CCN(C(=O)COC(=O)c2ccc(Cl)s2)CC1. The van der Waals surface area contributed by atoms with E-state index in [1.807, 2.05) is 0 Å². The molecule has 0 unspecified atom stereocenters. The van der Waals surface area contributed by atoms with Crippen molar-refractivity contribution in [3.05, 3.63) is 21.3 Å². The lowest BCUT2D eigenvalue weighted by molar-refractivity contribution is -0.136. The summed E-state index contributed by atoms with van der Waals surface area (Å²) in [5.74, 6) is -0.857. The van der Waals surface area contributed by atoms with Crippen LogP contribution < -0.4 is 0 Å². The van der Waals surface area contributed by atoms with Gasteiger partial charge in [0.1, 0.15) is 4.88 Å². The van der Waals surface area contributed by atoms with Crippen molar-refractivity contribution < 1.29 is 23.9 Å². The van der Waals surface area contributed by atoms with Crippen LogP contribution in [0.15, 0.2) is 12.1 Å². The van der Waals surface area contributed by atoms with E-state index in [1.54, 1.807) is 28.9 Å². The summed E-state index contributed by atoms with van der Waals surface area (Å²) in [5, 5.41) is 0. The van der Waals surface area contributed by atoms with Crippen LogP contribution in [0.25, 0.3) is 0 Å². The number of halogens is 1. The predicted molar refractivity (Wildman–Crippen MR) is 84.8 cm³/mol. The Bertz CT molecular complexity index is 583. The van der Waals surface area contributed by atoms with E-state index in [0.29, 0.717) is 42.0 Å². The number of piperazine rings is 1. The lowest BCUT2D eigenvalue weighted by atomic mass is 10.3. The number of carbonyl (C=O) groups is 3. The molecule has 1 aliphatic heterocycles. The van der Waals surface area contributed by atoms with Crippen LogP contribution in [0, 0.1) is 0 Å². The highest BCUT2D eigenvalue weighted by Gasteiger charge is 2.25. The Morgan fingerprint density at radius 1 is 1.13 bits per heavy atom. The molecule has 0 aromatic carbocycles. The van der Waals surface area contributed by atoms with Crippen LogP contribution in [-0.2, 0) is 14.3 Å². The molecular formula is C14H17ClN2O5S. The van der Waals surface area contributed by atoms with Gasteiger partial charge in [0, 0.05) is 26.2 Å². The van der Waals surface area contributed by atoms with Gasteiger partial charge in [0.25, 0.3) is 5.91 Å². The van der Waals surface area contributed by atoms with Gasteiger partial charge in [-0.25, -0.2) is 9.59 Å². The van der Waals surface area contributed by atoms with Gasteiger partial charge in [-0.1, -0.05) is 11.6 Å². The largest absolute Gasteiger partial charge is 0.451 e. The van der Waals surface area contributed by atoms with Gasteiger partial charge >= 0.3 is 12.1 Å². The summed E-state index contributed by atoms with van der Waals surface area (Å²) in [6.45, 7) is 3.32. The highest BCUT2D eigenvalue weighted by Crippen LogP contribution is 2.22. The van der Waals surface area contributed by atoms with Gasteiger partial charge in [-0.15, -0.1) is 11.3 Å². The number of amides is 2. The third-order valence-electron chi connectivity index (χ3n) is 3.26. The fourth-order valence-corrected chi connectivity index (χ4v) is 3.00. The second-order valence-electron chi connectivity index (χ2n) is 4.75. The van der Waals surface area contributed by atoms with Crippen molar-refractivity contribution in [3.63, 3.8) is 0 Å². The summed E-state index contributed by atoms with van der Waals surface area (Å²) in [5.41, 5.74) is 0. The Morgan fingerprint density at radius 3 is 2.35 bits per heavy atom. The van der Waals surface area contributed by atoms with Crippen molar-refractivity contribution in [1.29, 1.82) is 0 Å². The minimum Gasteiger partial charge on any atom is -0.451 e. The standard InChI is InChI=1S/C14H17ClN2O5S/c1-2-21-14(20)17-7-5-16(6-8-17)12(18)9-22-13(19)10-3-4-11(15)23-10/h3-4H,2,5-9H2,1H3. The predicted octanol–water partition coefficient (Wildman–Crippen LogP) is 1.86. The number of hydrogen-bond acceptors (Lipinski definition) is 6. The first kappa shape index (κ1) is 17.6. The number of carbonyl (C=O) groups excluding carboxylic acids is 3. The minimum absolute atomic E-state index is 0.287. The van der Waals surface area contributed by atoms with Gasteiger partial charge < -0.3 is 19.3 Å². The zero-order valence-electron chi connectivity index (χ0n) is 12.6. The molecule has 2 rings (SSSR count). The lowest BCUT2D eigenvalue weighted by Crippen LogP contribution is -2.51. The minimum atomic E-state index is -0.569. The van der Waals surface area contributed by atoms with Gasteiger partial charge in [-0.05, 0) is 19.1 Å². The summed E-state index contributed by atoms with van der Waals surface area (Å²) < 4.78 is 10.4. The van der Waals surface area contributed by atoms with Crippen molar-refractivity contribution in [2.45, 2.75) is 6.92 Å². The van der Waals surface area contributed by atoms with Gasteiger partial charge in [-0.3, -0.25) is 4.79 Å². The van der Waals surface area contributed by atoms with E-state index in [9.17, 15) is 14.4 Å². The van der Waals surface area contributed by atoms with Gasteiger partial charge in [0.15, 0.2) is 6.61 Å². The van der Waals surface area contributed by atoms with E-state index in [-0.39, 0.29) is 18.6 Å². The van der Waals surface area contributed by atoms with Crippen LogP contribution >= 0.6 is 22.9 Å². The summed E-state index contributed by atoms with van der Waals surface area (Å²) >= 11 is 6.84. The molecule has 7 nitrogen and oxygen atoms in total. The lowest BCUT2D eigenvalue weighted by Gasteiger charge is -2.33. The van der Waals surface area contributed by atoms with Crippen molar-refractivity contribution in [3.8, 4) is 0 Å². The molecule has 126 valence electrons. The van der Waals surface area contributed by atoms with Crippen molar-refractivity contribution >= 4 is 40.9 Å². The monoisotopic (exact) mass is 360 g/mol. The first-order valence-electron chi connectivity index (χ1n) is 7.13. The number of nitrogens with zero attached hydrogens (tertiary/aromatic N) is 2. The van der Waals surface area contributed by atoms with E-state index in [1.165, 1.54) is 0 Å². The topological polar surface area (TPSA) is 76.2 Å². The second kappa shape index (κ2) is 8.16. The van der Waals surface area contributed by atoms with Crippen molar-refractivity contribution in [1.82, 2.24) is 9.80 Å². The second-order valence-corrected chi connectivity index (χ2v) is 6.46. The smallest absolute Gasteiger partial charge is 0.409 e. The number of esters is 1. The van der Waals surface area contributed by atoms with Gasteiger partial charge in [-0.2, -0.15) is 0 Å². The Morgan fingerprint density at radius 2 is 1.78 bits per heavy atom. The first-order chi connectivity index (χ1) is 11.0. The molecule has 0 saturated carbocycles. The third-order valence-corrected chi connectivity index (χ3v) is 4.47. The molecule has 1 fully saturated rings. The maximum atomic E-state index is 12.0. The average molecular weight is 361 g/mol. The Kier molecular flexibility index (Phi) is 6.23. The van der Waals surface area contributed by atoms with Gasteiger partial charge in [0.2, 0.25) is 0 Å². The van der Waals surface area contributed by atoms with Crippen molar-refractivity contribution in [2.24, 2.45) is 0 Å². The number of hydrogen-bond donors (Lipinski definition) is 0. The molecule has 23 heavy (non-hydrogen) atoms. The van der Waals surface area contributed by atoms with Crippen LogP contribution in [0.1, 0.15) is 16.6 Å². The third kappa shape index (κ3) is 4.84. The van der Waals surface area contributed by atoms with Crippen LogP contribution in [0.5, 0.6) is 0 Å². The normalized spacial score (nSPS) is 14.5. The maximum absolute atomic E-state index is 12.0. The number of ether oxygens (including phenoxy) is 2. The molecule has 1 saturated heterocycles. The van der Waals surface area contributed by atoms with Crippen LogP contribution in [-0.4, -0.2) is 67.2 Å². The summed E-state index contributed by atoms with van der Waals surface area (Å²) in [4.78, 5) is 38.8. The Balaban J connectivity index is 1.75. The van der Waals surface area contributed by atoms with E-state index >= 15 is 0 Å². The highest BCUT2D eigenvalue weighted by molar-refractivity contribution is 7.17. The molecule has 1 aromatic rings. The zero-order valence-corrected chi connectivity index (χ0v) is 14.2. The zero-order chi connectivity index (χ0) is 16.8. The summed E-state index contributed by atoms with van der Waals surface area (Å²) in [6, 6.07) is 3.15. The van der Waals surface area contributed by atoms with Crippen LogP contribution in [0.4, 0.5) is 4.79 Å². The summed E-state index contributed by atoms with van der Waals surface area (Å²) in [6.07, 6.45) is -0.374. The summed E-state index contributed by atoms with van der Waals surface area (Å²) in [7, 11) is 0. The molecule has 2 heterocycles.